The Kier molecular flexibility index (Phi) is 2.29. The van der Waals surface area contributed by atoms with Gasteiger partial charge in [-0.15, -0.1) is 0 Å². The first-order valence-corrected chi connectivity index (χ1v) is 3.62. The van der Waals surface area contributed by atoms with Gasteiger partial charge >= 0.3 is 0 Å². The predicted octanol–water partition coefficient (Wildman–Crippen LogP) is 1.51. The summed E-state index contributed by atoms with van der Waals surface area (Å²) in [5.41, 5.74) is 0. The van der Waals surface area contributed by atoms with E-state index in [9.17, 15) is 0 Å². The third-order valence-electron chi connectivity index (χ3n) is 1.75. The maximum Gasteiger partial charge on any atom is 0.0160 e. The Labute approximate surface area is 57.4 Å². The van der Waals surface area contributed by atoms with Crippen molar-refractivity contribution < 1.29 is 0 Å². The lowest BCUT2D eigenvalue weighted by molar-refractivity contribution is 0.322. The van der Waals surface area contributed by atoms with E-state index in [1.54, 1.807) is 0 Å². The molecule has 9 heavy (non-hydrogen) atoms. The summed E-state index contributed by atoms with van der Waals surface area (Å²) in [6, 6.07) is 0. The number of allylic oxidation sites excluding steroid dienone is 1. The fourth-order valence-electron chi connectivity index (χ4n) is 1.26. The normalized spacial score (nSPS) is 30.2. The van der Waals surface area contributed by atoms with E-state index < -0.39 is 0 Å². The van der Waals surface area contributed by atoms with Crippen LogP contribution >= 0.6 is 0 Å². The molecule has 1 rings (SSSR count). The van der Waals surface area contributed by atoms with Crippen LogP contribution < -0.4 is 0 Å². The Morgan fingerprint density at radius 1 is 1.44 bits per heavy atom. The van der Waals surface area contributed by atoms with E-state index in [2.05, 4.69) is 31.0 Å². The zero-order valence-corrected chi connectivity index (χ0v) is 6.30. The second kappa shape index (κ2) is 3.02. The van der Waals surface area contributed by atoms with Crippen LogP contribution in [0.4, 0.5) is 0 Å². The first kappa shape index (κ1) is 6.81. The molecule has 0 amide bonds. The van der Waals surface area contributed by atoms with E-state index in [1.807, 2.05) is 0 Å². The minimum atomic E-state index is 0.841. The van der Waals surface area contributed by atoms with Crippen molar-refractivity contribution in [2.45, 2.75) is 13.3 Å². The summed E-state index contributed by atoms with van der Waals surface area (Å²) < 4.78 is 0. The minimum absolute atomic E-state index is 0.841. The van der Waals surface area contributed by atoms with E-state index in [0.717, 1.165) is 12.5 Å². The summed E-state index contributed by atoms with van der Waals surface area (Å²) in [4.78, 5) is 2.36. The first-order chi connectivity index (χ1) is 4.29. The Balaban J connectivity index is 2.40. The topological polar surface area (TPSA) is 3.24 Å². The maximum absolute atomic E-state index is 2.36. The van der Waals surface area contributed by atoms with Gasteiger partial charge in [0.25, 0.3) is 0 Å². The lowest BCUT2D eigenvalue weighted by atomic mass is 10.1. The van der Waals surface area contributed by atoms with Crippen LogP contribution in [0.25, 0.3) is 0 Å². The number of hydrogen-bond donors (Lipinski definition) is 0. The summed E-state index contributed by atoms with van der Waals surface area (Å²) in [5, 5.41) is 0. The van der Waals surface area contributed by atoms with Crippen LogP contribution in [0.3, 0.4) is 0 Å². The van der Waals surface area contributed by atoms with Crippen molar-refractivity contribution in [2.24, 2.45) is 5.92 Å². The van der Waals surface area contributed by atoms with Gasteiger partial charge in [-0.25, -0.2) is 0 Å². The summed E-state index contributed by atoms with van der Waals surface area (Å²) in [6.45, 7) is 4.67. The fraction of sp³-hybridized carbons (Fsp3) is 0.750. The summed E-state index contributed by atoms with van der Waals surface area (Å²) >= 11 is 0. The van der Waals surface area contributed by atoms with Crippen molar-refractivity contribution >= 4 is 0 Å². The fourth-order valence-corrected chi connectivity index (χ4v) is 1.26. The highest BCUT2D eigenvalue weighted by Crippen LogP contribution is 2.07. The summed E-state index contributed by atoms with van der Waals surface area (Å²) in [6.07, 6.45) is 5.79. The highest BCUT2D eigenvalue weighted by molar-refractivity contribution is 4.89. The van der Waals surface area contributed by atoms with E-state index >= 15 is 0 Å². The van der Waals surface area contributed by atoms with Crippen LogP contribution in [0.2, 0.25) is 0 Å². The molecule has 0 radical (unpaired) electrons. The molecule has 0 saturated heterocycles. The molecule has 0 N–H and O–H groups in total. The van der Waals surface area contributed by atoms with Gasteiger partial charge in [0.1, 0.15) is 0 Å². The van der Waals surface area contributed by atoms with E-state index in [0.29, 0.717) is 0 Å². The summed E-state index contributed by atoms with van der Waals surface area (Å²) in [5.74, 6) is 0.841. The van der Waals surface area contributed by atoms with Crippen LogP contribution in [0.15, 0.2) is 12.2 Å². The molecule has 1 nitrogen and oxygen atoms in total. The molecule has 52 valence electrons. The monoisotopic (exact) mass is 125 g/mol. The lowest BCUT2D eigenvalue weighted by Gasteiger charge is -2.15. The Hall–Kier alpha value is -0.300. The number of likely N-dealkylation sites (N-methyl/N-ethyl adjacent to an activating group) is 1. The Bertz CT molecular complexity index is 95.1. The van der Waals surface area contributed by atoms with Gasteiger partial charge in [0.2, 0.25) is 0 Å². The molecule has 0 aromatic heterocycles. The molecule has 0 saturated carbocycles. The largest absolute Gasteiger partial charge is 0.302 e. The predicted molar refractivity (Wildman–Crippen MR) is 40.4 cm³/mol. The average Bonchev–Trinajstić information content (AvgIpc) is 1.93. The van der Waals surface area contributed by atoms with Crippen LogP contribution in [0.5, 0.6) is 0 Å². The van der Waals surface area contributed by atoms with Crippen molar-refractivity contribution in [3.05, 3.63) is 12.2 Å². The van der Waals surface area contributed by atoms with Crippen LogP contribution in [-0.2, 0) is 0 Å². The van der Waals surface area contributed by atoms with Gasteiger partial charge in [-0.3, -0.25) is 0 Å². The SMILES string of the molecule is C[C@@H]1CC=CCN(C)C1. The third-order valence-corrected chi connectivity index (χ3v) is 1.75. The first-order valence-electron chi connectivity index (χ1n) is 3.62. The van der Waals surface area contributed by atoms with Crippen LogP contribution in [0, 0.1) is 5.92 Å². The molecule has 1 aliphatic rings. The summed E-state index contributed by atoms with van der Waals surface area (Å²) in [7, 11) is 2.17. The van der Waals surface area contributed by atoms with Crippen molar-refractivity contribution in [1.29, 1.82) is 0 Å². The number of rotatable bonds is 0. The molecule has 1 atom stereocenters. The van der Waals surface area contributed by atoms with Crippen molar-refractivity contribution in [2.75, 3.05) is 20.1 Å². The average molecular weight is 125 g/mol. The van der Waals surface area contributed by atoms with Crippen LogP contribution in [0.1, 0.15) is 13.3 Å². The molecular formula is C8H15N. The number of hydrogen-bond acceptors (Lipinski definition) is 1. The number of nitrogens with zero attached hydrogens (tertiary/aromatic N) is 1. The van der Waals surface area contributed by atoms with Gasteiger partial charge in [-0.05, 0) is 19.4 Å². The molecule has 0 unspecified atom stereocenters. The van der Waals surface area contributed by atoms with Gasteiger partial charge in [0.05, 0.1) is 0 Å². The molecule has 0 fully saturated rings. The minimum Gasteiger partial charge on any atom is -0.302 e. The van der Waals surface area contributed by atoms with Gasteiger partial charge in [0.15, 0.2) is 0 Å². The zero-order chi connectivity index (χ0) is 6.69. The van der Waals surface area contributed by atoms with Crippen molar-refractivity contribution in [1.82, 2.24) is 4.90 Å². The molecule has 0 aliphatic carbocycles. The van der Waals surface area contributed by atoms with Crippen molar-refractivity contribution in [3.63, 3.8) is 0 Å². The second-order valence-electron chi connectivity index (χ2n) is 3.03. The maximum atomic E-state index is 2.36. The standard InChI is InChI=1S/C8H15N/c1-8-5-3-4-6-9(2)7-8/h3-4,8H,5-7H2,1-2H3/t8-/m1/s1. The van der Waals surface area contributed by atoms with E-state index in [4.69, 9.17) is 0 Å². The molecule has 0 aromatic carbocycles. The molecular weight excluding hydrogens is 110 g/mol. The van der Waals surface area contributed by atoms with E-state index in [-0.39, 0.29) is 0 Å². The molecule has 1 heterocycles. The molecule has 0 bridgehead atoms. The third kappa shape index (κ3) is 2.19. The van der Waals surface area contributed by atoms with Gasteiger partial charge < -0.3 is 4.90 Å². The lowest BCUT2D eigenvalue weighted by Crippen LogP contribution is -2.22. The van der Waals surface area contributed by atoms with Crippen molar-refractivity contribution in [3.8, 4) is 0 Å². The molecule has 1 aliphatic heterocycles. The van der Waals surface area contributed by atoms with Crippen LogP contribution in [-0.4, -0.2) is 25.0 Å². The van der Waals surface area contributed by atoms with Gasteiger partial charge in [-0.1, -0.05) is 19.1 Å². The highest BCUT2D eigenvalue weighted by atomic mass is 15.1. The zero-order valence-electron chi connectivity index (χ0n) is 6.30. The van der Waals surface area contributed by atoms with Gasteiger partial charge in [-0.2, -0.15) is 0 Å². The van der Waals surface area contributed by atoms with Gasteiger partial charge in [0, 0.05) is 13.1 Å². The van der Waals surface area contributed by atoms with E-state index in [1.165, 1.54) is 13.0 Å². The molecule has 1 heteroatoms. The Morgan fingerprint density at radius 2 is 2.22 bits per heavy atom. The Morgan fingerprint density at radius 3 is 3.00 bits per heavy atom. The molecule has 0 aromatic rings. The molecule has 0 spiro atoms. The quantitative estimate of drug-likeness (QED) is 0.444. The highest BCUT2D eigenvalue weighted by Gasteiger charge is 2.05. The smallest absolute Gasteiger partial charge is 0.0160 e. The second-order valence-corrected chi connectivity index (χ2v) is 3.03.